The van der Waals surface area contributed by atoms with Crippen LogP contribution >= 0.6 is 12.2 Å². The highest BCUT2D eigenvalue weighted by atomic mass is 32.1. The zero-order valence-corrected chi connectivity index (χ0v) is 11.7. The summed E-state index contributed by atoms with van der Waals surface area (Å²) in [6, 6.07) is 4.65. The van der Waals surface area contributed by atoms with Crippen LogP contribution < -0.4 is 10.6 Å². The highest BCUT2D eigenvalue weighted by Crippen LogP contribution is 2.27. The molecule has 0 saturated carbocycles. The molecule has 0 aromatic carbocycles. The van der Waals surface area contributed by atoms with E-state index in [1.807, 2.05) is 6.07 Å². The first-order chi connectivity index (χ1) is 8.74. The molecule has 18 heavy (non-hydrogen) atoms. The highest BCUT2D eigenvalue weighted by Gasteiger charge is 2.22. The molecule has 0 radical (unpaired) electrons. The Morgan fingerprint density at radius 1 is 1.50 bits per heavy atom. The van der Waals surface area contributed by atoms with Crippen molar-refractivity contribution in [1.82, 2.24) is 4.98 Å². The Bertz CT molecular complexity index is 419. The Morgan fingerprint density at radius 3 is 3.06 bits per heavy atom. The summed E-state index contributed by atoms with van der Waals surface area (Å²) in [5.41, 5.74) is 7.67. The zero-order valence-electron chi connectivity index (χ0n) is 10.9. The Morgan fingerprint density at radius 2 is 2.33 bits per heavy atom. The number of anilines is 1. The van der Waals surface area contributed by atoms with E-state index in [1.54, 1.807) is 6.20 Å². The van der Waals surface area contributed by atoms with Crippen LogP contribution in [0.1, 0.15) is 44.7 Å². The summed E-state index contributed by atoms with van der Waals surface area (Å²) in [6.45, 7) is 3.33. The number of nitrogens with zero attached hydrogens (tertiary/aromatic N) is 2. The summed E-state index contributed by atoms with van der Waals surface area (Å²) < 4.78 is 0. The predicted octanol–water partition coefficient (Wildman–Crippen LogP) is 2.87. The van der Waals surface area contributed by atoms with Gasteiger partial charge in [-0.2, -0.15) is 0 Å². The summed E-state index contributed by atoms with van der Waals surface area (Å²) >= 11 is 5.12. The smallest absolute Gasteiger partial charge is 0.124 e. The standard InChI is InChI=1S/C14H21N3S/c1-2-11-7-4-3-5-10-17(11)12-8-6-9-16-13(12)14(15)18/h6,8-9,11H,2-5,7,10H2,1H3,(H2,15,18). The fraction of sp³-hybridized carbons (Fsp3) is 0.571. The number of nitrogens with two attached hydrogens (primary N) is 1. The highest BCUT2D eigenvalue weighted by molar-refractivity contribution is 7.80. The Kier molecular flexibility index (Phi) is 4.53. The predicted molar refractivity (Wildman–Crippen MR) is 80.0 cm³/mol. The van der Waals surface area contributed by atoms with Gasteiger partial charge in [0.2, 0.25) is 0 Å². The van der Waals surface area contributed by atoms with E-state index >= 15 is 0 Å². The van der Waals surface area contributed by atoms with Crippen molar-refractivity contribution in [2.45, 2.75) is 45.1 Å². The molecule has 1 aromatic rings. The molecule has 1 fully saturated rings. The molecule has 1 aliphatic rings. The lowest BCUT2D eigenvalue weighted by molar-refractivity contribution is 0.555. The third kappa shape index (κ3) is 2.80. The van der Waals surface area contributed by atoms with Crippen LogP contribution in [0.25, 0.3) is 0 Å². The maximum atomic E-state index is 5.79. The molecule has 3 nitrogen and oxygen atoms in total. The molecular weight excluding hydrogens is 242 g/mol. The minimum absolute atomic E-state index is 0.393. The Balaban J connectivity index is 2.35. The molecular formula is C14H21N3S. The van der Waals surface area contributed by atoms with Gasteiger partial charge in [-0.15, -0.1) is 0 Å². The molecule has 0 aliphatic carbocycles. The van der Waals surface area contributed by atoms with Gasteiger partial charge in [-0.3, -0.25) is 4.98 Å². The van der Waals surface area contributed by atoms with E-state index in [0.717, 1.165) is 24.3 Å². The number of rotatable bonds is 3. The van der Waals surface area contributed by atoms with Crippen molar-refractivity contribution in [2.24, 2.45) is 5.73 Å². The number of aromatic nitrogens is 1. The molecule has 1 unspecified atom stereocenters. The molecule has 1 saturated heterocycles. The number of pyridine rings is 1. The largest absolute Gasteiger partial charge is 0.388 e. The summed E-state index contributed by atoms with van der Waals surface area (Å²) in [5, 5.41) is 0. The first kappa shape index (κ1) is 13.3. The second-order valence-electron chi connectivity index (χ2n) is 4.84. The van der Waals surface area contributed by atoms with Crippen LogP contribution in [0, 0.1) is 0 Å². The number of thiocarbonyl (C=S) groups is 1. The van der Waals surface area contributed by atoms with Crippen LogP contribution in [-0.2, 0) is 0 Å². The van der Waals surface area contributed by atoms with Crippen LogP contribution in [-0.4, -0.2) is 22.6 Å². The lowest BCUT2D eigenvalue weighted by atomic mass is 10.1. The van der Waals surface area contributed by atoms with Crippen LogP contribution in [0.5, 0.6) is 0 Å². The average Bonchev–Trinajstić information content (AvgIpc) is 2.63. The second kappa shape index (κ2) is 6.14. The van der Waals surface area contributed by atoms with E-state index in [9.17, 15) is 0 Å². The SMILES string of the molecule is CCC1CCCCCN1c1cccnc1C(N)=S. The lowest BCUT2D eigenvalue weighted by Crippen LogP contribution is -2.36. The molecule has 2 rings (SSSR count). The average molecular weight is 263 g/mol. The minimum Gasteiger partial charge on any atom is -0.388 e. The van der Waals surface area contributed by atoms with Gasteiger partial charge >= 0.3 is 0 Å². The van der Waals surface area contributed by atoms with Crippen molar-refractivity contribution >= 4 is 22.9 Å². The number of hydrogen-bond donors (Lipinski definition) is 1. The molecule has 1 aliphatic heterocycles. The van der Waals surface area contributed by atoms with Crippen LogP contribution in [0.4, 0.5) is 5.69 Å². The Labute approximate surface area is 114 Å². The molecule has 1 aromatic heterocycles. The van der Waals surface area contributed by atoms with Crippen molar-refractivity contribution < 1.29 is 0 Å². The molecule has 0 spiro atoms. The van der Waals surface area contributed by atoms with E-state index < -0.39 is 0 Å². The third-order valence-corrected chi connectivity index (χ3v) is 3.87. The van der Waals surface area contributed by atoms with Crippen molar-refractivity contribution in [3.8, 4) is 0 Å². The minimum atomic E-state index is 0.393. The van der Waals surface area contributed by atoms with Crippen molar-refractivity contribution in [1.29, 1.82) is 0 Å². The summed E-state index contributed by atoms with van der Waals surface area (Å²) in [4.78, 5) is 7.19. The second-order valence-corrected chi connectivity index (χ2v) is 5.28. The van der Waals surface area contributed by atoms with E-state index in [2.05, 4.69) is 22.9 Å². The summed E-state index contributed by atoms with van der Waals surface area (Å²) in [7, 11) is 0. The molecule has 4 heteroatoms. The van der Waals surface area contributed by atoms with E-state index in [1.165, 1.54) is 25.7 Å². The lowest BCUT2D eigenvalue weighted by Gasteiger charge is -2.32. The van der Waals surface area contributed by atoms with Crippen LogP contribution in [0.15, 0.2) is 18.3 Å². The van der Waals surface area contributed by atoms with Gasteiger partial charge in [0.1, 0.15) is 10.7 Å². The van der Waals surface area contributed by atoms with Gasteiger partial charge in [0.15, 0.2) is 0 Å². The van der Waals surface area contributed by atoms with Gasteiger partial charge in [0.05, 0.1) is 5.69 Å². The van der Waals surface area contributed by atoms with Crippen LogP contribution in [0.3, 0.4) is 0 Å². The topological polar surface area (TPSA) is 42.2 Å². The molecule has 98 valence electrons. The van der Waals surface area contributed by atoms with Crippen molar-refractivity contribution in [2.75, 3.05) is 11.4 Å². The molecule has 2 N–H and O–H groups in total. The summed E-state index contributed by atoms with van der Waals surface area (Å²) in [6.07, 6.45) is 8.04. The van der Waals surface area contributed by atoms with Gasteiger partial charge in [0.25, 0.3) is 0 Å². The quantitative estimate of drug-likeness (QED) is 0.852. The van der Waals surface area contributed by atoms with E-state index in [4.69, 9.17) is 18.0 Å². The maximum Gasteiger partial charge on any atom is 0.124 e. The van der Waals surface area contributed by atoms with Gasteiger partial charge in [-0.1, -0.05) is 32.0 Å². The number of hydrogen-bond acceptors (Lipinski definition) is 3. The molecule has 0 amide bonds. The van der Waals surface area contributed by atoms with Gasteiger partial charge in [-0.05, 0) is 31.4 Å². The van der Waals surface area contributed by atoms with Crippen LogP contribution in [0.2, 0.25) is 0 Å². The Hall–Kier alpha value is -1.16. The molecule has 1 atom stereocenters. The fourth-order valence-corrected chi connectivity index (χ4v) is 2.89. The van der Waals surface area contributed by atoms with Crippen molar-refractivity contribution in [3.63, 3.8) is 0 Å². The molecule has 2 heterocycles. The van der Waals surface area contributed by atoms with Gasteiger partial charge in [0, 0.05) is 18.8 Å². The zero-order chi connectivity index (χ0) is 13.0. The molecule has 0 bridgehead atoms. The summed E-state index contributed by atoms with van der Waals surface area (Å²) in [5.74, 6) is 0. The van der Waals surface area contributed by atoms with E-state index in [0.29, 0.717) is 11.0 Å². The fourth-order valence-electron chi connectivity index (χ4n) is 2.74. The van der Waals surface area contributed by atoms with Gasteiger partial charge < -0.3 is 10.6 Å². The van der Waals surface area contributed by atoms with Crippen molar-refractivity contribution in [3.05, 3.63) is 24.0 Å². The first-order valence-corrected chi connectivity index (χ1v) is 7.16. The monoisotopic (exact) mass is 263 g/mol. The third-order valence-electron chi connectivity index (χ3n) is 3.68. The maximum absolute atomic E-state index is 5.79. The normalized spacial score (nSPS) is 20.5. The van der Waals surface area contributed by atoms with Gasteiger partial charge in [-0.25, -0.2) is 0 Å². The van der Waals surface area contributed by atoms with E-state index in [-0.39, 0.29) is 0 Å². The first-order valence-electron chi connectivity index (χ1n) is 6.75.